The molecule has 3 rings (SSSR count). The third kappa shape index (κ3) is 4.97. The van der Waals surface area contributed by atoms with E-state index in [-0.39, 0.29) is 18.1 Å². The lowest BCUT2D eigenvalue weighted by molar-refractivity contribution is 0.0468. The Morgan fingerprint density at radius 3 is 2.62 bits per heavy atom. The number of benzene rings is 1. The summed E-state index contributed by atoms with van der Waals surface area (Å²) < 4.78 is 13.8. The molecule has 0 unspecified atom stereocenters. The Hall–Kier alpha value is -3.26. The van der Waals surface area contributed by atoms with Gasteiger partial charge in [-0.1, -0.05) is 35.5 Å². The van der Waals surface area contributed by atoms with Crippen LogP contribution in [0.1, 0.15) is 37.8 Å². The van der Waals surface area contributed by atoms with Crippen LogP contribution >= 0.6 is 0 Å². The van der Waals surface area contributed by atoms with E-state index in [2.05, 4.69) is 10.3 Å². The van der Waals surface area contributed by atoms with Crippen molar-refractivity contribution in [1.82, 2.24) is 19.6 Å². The minimum atomic E-state index is -0.675. The zero-order valence-corrected chi connectivity index (χ0v) is 16.8. The van der Waals surface area contributed by atoms with Gasteiger partial charge in [-0.25, -0.2) is 9.48 Å². The van der Waals surface area contributed by atoms with Crippen LogP contribution in [0.3, 0.4) is 0 Å². The van der Waals surface area contributed by atoms with Crippen molar-refractivity contribution >= 4 is 11.8 Å². The van der Waals surface area contributed by atoms with Gasteiger partial charge in [-0.3, -0.25) is 4.79 Å². The summed E-state index contributed by atoms with van der Waals surface area (Å²) in [7, 11) is 1.63. The van der Waals surface area contributed by atoms with Crippen LogP contribution in [0.2, 0.25) is 0 Å². The number of ether oxygens (including phenoxy) is 2. The Kier molecular flexibility index (Phi) is 6.56. The zero-order valence-electron chi connectivity index (χ0n) is 16.8. The van der Waals surface area contributed by atoms with E-state index in [1.165, 1.54) is 6.20 Å². The molecule has 0 saturated carbocycles. The zero-order chi connectivity index (χ0) is 20.8. The van der Waals surface area contributed by atoms with Crippen LogP contribution in [0, 0.1) is 13.8 Å². The topological polar surface area (TPSA) is 88.2 Å². The fourth-order valence-corrected chi connectivity index (χ4v) is 3.13. The van der Waals surface area contributed by atoms with E-state index in [1.807, 2.05) is 48.7 Å². The van der Waals surface area contributed by atoms with Crippen LogP contribution in [0.25, 0.3) is 0 Å². The van der Waals surface area contributed by atoms with Gasteiger partial charge < -0.3 is 14.0 Å². The van der Waals surface area contributed by atoms with Crippen molar-refractivity contribution in [3.05, 3.63) is 70.8 Å². The molecule has 8 heteroatoms. The summed E-state index contributed by atoms with van der Waals surface area (Å²) >= 11 is 0. The van der Waals surface area contributed by atoms with Crippen molar-refractivity contribution in [2.24, 2.45) is 0 Å². The van der Waals surface area contributed by atoms with Gasteiger partial charge in [0.25, 0.3) is 0 Å². The molecule has 0 amide bonds. The second kappa shape index (κ2) is 9.29. The van der Waals surface area contributed by atoms with Gasteiger partial charge in [-0.15, -0.1) is 5.10 Å². The predicted molar refractivity (Wildman–Crippen MR) is 106 cm³/mol. The maximum absolute atomic E-state index is 12.5. The summed E-state index contributed by atoms with van der Waals surface area (Å²) in [6.45, 7) is 5.15. The molecule has 0 N–H and O–H groups in total. The first kappa shape index (κ1) is 20.5. The van der Waals surface area contributed by atoms with Crippen LogP contribution in [-0.4, -0.2) is 51.6 Å². The molecule has 29 heavy (non-hydrogen) atoms. The van der Waals surface area contributed by atoms with Gasteiger partial charge in [0.2, 0.25) is 5.78 Å². The minimum Gasteiger partial charge on any atom is -0.452 e. The van der Waals surface area contributed by atoms with Crippen LogP contribution in [-0.2, 0) is 22.6 Å². The van der Waals surface area contributed by atoms with E-state index in [9.17, 15) is 9.59 Å². The van der Waals surface area contributed by atoms with E-state index in [1.54, 1.807) is 17.9 Å². The van der Waals surface area contributed by atoms with Crippen molar-refractivity contribution in [2.75, 3.05) is 20.3 Å². The van der Waals surface area contributed by atoms with Gasteiger partial charge >= 0.3 is 5.97 Å². The molecule has 1 aromatic carbocycles. The van der Waals surface area contributed by atoms with Gasteiger partial charge in [-0.05, 0) is 25.5 Å². The average Bonchev–Trinajstić information content (AvgIpc) is 3.30. The van der Waals surface area contributed by atoms with Gasteiger partial charge in [0.1, 0.15) is 0 Å². The number of hydrogen-bond donors (Lipinski definition) is 0. The monoisotopic (exact) mass is 396 g/mol. The van der Waals surface area contributed by atoms with Crippen LogP contribution in [0.4, 0.5) is 0 Å². The molecule has 0 saturated heterocycles. The molecule has 2 aromatic heterocycles. The Bertz CT molecular complexity index is 992. The quantitative estimate of drug-likeness (QED) is 0.408. The number of aryl methyl sites for hydroxylation is 1. The van der Waals surface area contributed by atoms with Crippen molar-refractivity contribution in [1.29, 1.82) is 0 Å². The molecule has 0 radical (unpaired) electrons. The number of hydrogen-bond acceptors (Lipinski definition) is 6. The highest BCUT2D eigenvalue weighted by atomic mass is 16.5. The highest BCUT2D eigenvalue weighted by Gasteiger charge is 2.19. The third-order valence-electron chi connectivity index (χ3n) is 4.66. The molecule has 2 heterocycles. The number of rotatable bonds is 9. The summed E-state index contributed by atoms with van der Waals surface area (Å²) in [6.07, 6.45) is 1.51. The number of carbonyl (C=O) groups is 2. The van der Waals surface area contributed by atoms with Gasteiger partial charge in [0.05, 0.1) is 19.3 Å². The fourth-order valence-electron chi connectivity index (χ4n) is 3.13. The number of nitrogens with zero attached hydrogens (tertiary/aromatic N) is 4. The lowest BCUT2D eigenvalue weighted by Crippen LogP contribution is -2.15. The van der Waals surface area contributed by atoms with Gasteiger partial charge in [-0.2, -0.15) is 0 Å². The summed E-state index contributed by atoms with van der Waals surface area (Å²) in [5.41, 5.74) is 3.43. The second-order valence-corrected chi connectivity index (χ2v) is 6.72. The maximum Gasteiger partial charge on any atom is 0.360 e. The summed E-state index contributed by atoms with van der Waals surface area (Å²) in [5, 5.41) is 7.78. The Balaban J connectivity index is 1.59. The second-order valence-electron chi connectivity index (χ2n) is 6.72. The SMILES string of the molecule is COCCn1c(C)cc(C(=O)COC(=O)c2cn(Cc3ccccc3)nn2)c1C. The highest BCUT2D eigenvalue weighted by Crippen LogP contribution is 2.16. The van der Waals surface area contributed by atoms with Crippen molar-refractivity contribution in [2.45, 2.75) is 26.9 Å². The number of methoxy groups -OCH3 is 1. The Labute approximate surface area is 169 Å². The first-order valence-electron chi connectivity index (χ1n) is 9.29. The third-order valence-corrected chi connectivity index (χ3v) is 4.66. The molecule has 0 fully saturated rings. The summed E-state index contributed by atoms with van der Waals surface area (Å²) in [5.74, 6) is -0.933. The summed E-state index contributed by atoms with van der Waals surface area (Å²) in [4.78, 5) is 24.8. The van der Waals surface area contributed by atoms with Crippen LogP contribution in [0.15, 0.2) is 42.6 Å². The highest BCUT2D eigenvalue weighted by molar-refractivity contribution is 6.00. The summed E-state index contributed by atoms with van der Waals surface area (Å²) in [6, 6.07) is 11.5. The number of esters is 1. The van der Waals surface area contributed by atoms with E-state index < -0.39 is 5.97 Å². The average molecular weight is 396 g/mol. The van der Waals surface area contributed by atoms with E-state index >= 15 is 0 Å². The molecule has 3 aromatic rings. The van der Waals surface area contributed by atoms with Crippen LogP contribution in [0.5, 0.6) is 0 Å². The largest absolute Gasteiger partial charge is 0.452 e. The molecule has 0 bridgehead atoms. The number of ketones is 1. The minimum absolute atomic E-state index is 0.0688. The normalized spacial score (nSPS) is 10.9. The molecule has 8 nitrogen and oxygen atoms in total. The fraction of sp³-hybridized carbons (Fsp3) is 0.333. The Morgan fingerprint density at radius 1 is 1.14 bits per heavy atom. The first-order valence-corrected chi connectivity index (χ1v) is 9.29. The maximum atomic E-state index is 12.5. The van der Waals surface area contributed by atoms with E-state index in [0.717, 1.165) is 17.0 Å². The number of Topliss-reactive ketones (excluding diaryl/α,β-unsaturated/α-hetero) is 1. The van der Waals surface area contributed by atoms with Crippen molar-refractivity contribution < 1.29 is 19.1 Å². The Morgan fingerprint density at radius 2 is 1.90 bits per heavy atom. The lowest BCUT2D eigenvalue weighted by atomic mass is 10.1. The number of carbonyl (C=O) groups excluding carboxylic acids is 2. The molecule has 0 aliphatic heterocycles. The molecular weight excluding hydrogens is 372 g/mol. The smallest absolute Gasteiger partial charge is 0.360 e. The molecular formula is C21H24N4O4. The molecule has 0 spiro atoms. The molecule has 0 atom stereocenters. The van der Waals surface area contributed by atoms with Gasteiger partial charge in [0.15, 0.2) is 12.3 Å². The lowest BCUT2D eigenvalue weighted by Gasteiger charge is -2.08. The standard InChI is InChI=1S/C21H24N4O4/c1-15-11-18(16(2)25(15)9-10-28-3)20(26)14-29-21(27)19-13-24(23-22-19)12-17-7-5-4-6-8-17/h4-8,11,13H,9-10,12,14H2,1-3H3. The number of aromatic nitrogens is 4. The molecule has 0 aliphatic rings. The predicted octanol–water partition coefficient (Wildman–Crippen LogP) is 2.43. The molecule has 0 aliphatic carbocycles. The van der Waals surface area contributed by atoms with E-state index in [4.69, 9.17) is 9.47 Å². The van der Waals surface area contributed by atoms with Crippen molar-refractivity contribution in [3.63, 3.8) is 0 Å². The van der Waals surface area contributed by atoms with Crippen LogP contribution < -0.4 is 0 Å². The first-order chi connectivity index (χ1) is 14.0. The van der Waals surface area contributed by atoms with Gasteiger partial charge in [0, 0.05) is 30.6 Å². The van der Waals surface area contributed by atoms with Crippen molar-refractivity contribution in [3.8, 4) is 0 Å². The van der Waals surface area contributed by atoms with E-state index in [0.29, 0.717) is 25.3 Å². The molecule has 152 valence electrons.